The molecule has 1 aliphatic heterocycles. The van der Waals surface area contributed by atoms with Crippen LogP contribution in [0.3, 0.4) is 0 Å². The fourth-order valence-corrected chi connectivity index (χ4v) is 4.56. The highest BCUT2D eigenvalue weighted by Gasteiger charge is 2.37. The molecule has 204 valence electrons. The molecule has 3 aromatic rings. The Morgan fingerprint density at radius 2 is 1.59 bits per heavy atom. The lowest BCUT2D eigenvalue weighted by Gasteiger charge is -2.26. The van der Waals surface area contributed by atoms with Crippen LogP contribution in [0.2, 0.25) is 0 Å². The smallest absolute Gasteiger partial charge is 0.410 e. The van der Waals surface area contributed by atoms with Crippen LogP contribution in [-0.4, -0.2) is 42.5 Å². The SMILES string of the molecule is COc1ccc([C@H](NC(=O)[C@H]2CCCN2C(=O)OCc2ccccc2)C(=O)Nc2ccc(C(C)C)cc2)cc1. The van der Waals surface area contributed by atoms with Crippen molar-refractivity contribution in [2.75, 3.05) is 19.0 Å². The Hall–Kier alpha value is -4.33. The van der Waals surface area contributed by atoms with Gasteiger partial charge in [0.1, 0.15) is 24.4 Å². The third-order valence-corrected chi connectivity index (χ3v) is 6.84. The van der Waals surface area contributed by atoms with Crippen molar-refractivity contribution in [1.82, 2.24) is 10.2 Å². The standard InChI is InChI=1S/C31H35N3O5/c1-21(2)23-11-15-25(16-12-23)32-30(36)28(24-13-17-26(38-3)18-14-24)33-29(35)27-10-7-19-34(27)31(37)39-20-22-8-5-4-6-9-22/h4-6,8-9,11-18,21,27-28H,7,10,19-20H2,1-3H3,(H,32,36)(H,33,35)/t27-,28+/m1/s1. The number of hydrogen-bond acceptors (Lipinski definition) is 5. The van der Waals surface area contributed by atoms with Crippen LogP contribution in [0.4, 0.5) is 10.5 Å². The zero-order chi connectivity index (χ0) is 27.8. The Morgan fingerprint density at radius 1 is 0.923 bits per heavy atom. The van der Waals surface area contributed by atoms with Crippen molar-refractivity contribution in [2.45, 2.75) is 51.3 Å². The van der Waals surface area contributed by atoms with Crippen LogP contribution in [-0.2, 0) is 20.9 Å². The molecular weight excluding hydrogens is 494 g/mol. The Kier molecular flexibility index (Phi) is 9.20. The maximum Gasteiger partial charge on any atom is 0.410 e. The minimum Gasteiger partial charge on any atom is -0.497 e. The molecule has 1 heterocycles. The van der Waals surface area contributed by atoms with E-state index in [4.69, 9.17) is 9.47 Å². The normalized spacial score (nSPS) is 15.5. The quantitative estimate of drug-likeness (QED) is 0.386. The third kappa shape index (κ3) is 7.16. The first kappa shape index (κ1) is 27.7. The second-order valence-electron chi connectivity index (χ2n) is 9.87. The summed E-state index contributed by atoms with van der Waals surface area (Å²) in [5, 5.41) is 5.79. The van der Waals surface area contributed by atoms with Gasteiger partial charge in [-0.25, -0.2) is 4.79 Å². The number of nitrogens with zero attached hydrogens (tertiary/aromatic N) is 1. The van der Waals surface area contributed by atoms with E-state index in [-0.39, 0.29) is 12.5 Å². The van der Waals surface area contributed by atoms with E-state index in [1.807, 2.05) is 54.6 Å². The molecule has 8 heteroatoms. The molecule has 0 aliphatic carbocycles. The van der Waals surface area contributed by atoms with E-state index in [9.17, 15) is 14.4 Å². The molecule has 8 nitrogen and oxygen atoms in total. The van der Waals surface area contributed by atoms with E-state index in [0.29, 0.717) is 42.3 Å². The molecule has 1 fully saturated rings. The second-order valence-corrected chi connectivity index (χ2v) is 9.87. The van der Waals surface area contributed by atoms with Gasteiger partial charge in [-0.2, -0.15) is 0 Å². The first-order chi connectivity index (χ1) is 18.9. The topological polar surface area (TPSA) is 97.0 Å². The number of carbonyl (C=O) groups is 3. The van der Waals surface area contributed by atoms with Crippen LogP contribution in [0.25, 0.3) is 0 Å². The molecule has 3 aromatic carbocycles. The largest absolute Gasteiger partial charge is 0.497 e. The Morgan fingerprint density at radius 3 is 2.23 bits per heavy atom. The molecule has 2 atom stereocenters. The molecule has 0 bridgehead atoms. The number of methoxy groups -OCH3 is 1. The summed E-state index contributed by atoms with van der Waals surface area (Å²) < 4.78 is 10.7. The number of hydrogen-bond donors (Lipinski definition) is 2. The van der Waals surface area contributed by atoms with Gasteiger partial charge in [0, 0.05) is 12.2 Å². The van der Waals surface area contributed by atoms with Crippen LogP contribution in [0.1, 0.15) is 55.3 Å². The molecule has 3 amide bonds. The van der Waals surface area contributed by atoms with Gasteiger partial charge in [-0.1, -0.05) is 68.4 Å². The maximum absolute atomic E-state index is 13.5. The van der Waals surface area contributed by atoms with Crippen molar-refractivity contribution in [3.8, 4) is 5.75 Å². The maximum atomic E-state index is 13.5. The van der Waals surface area contributed by atoms with Crippen LogP contribution in [0.5, 0.6) is 5.75 Å². The highest BCUT2D eigenvalue weighted by Crippen LogP contribution is 2.24. The van der Waals surface area contributed by atoms with Gasteiger partial charge in [0.05, 0.1) is 7.11 Å². The fraction of sp³-hybridized carbons (Fsp3) is 0.323. The number of likely N-dealkylation sites (tertiary alicyclic amines) is 1. The average Bonchev–Trinajstić information content (AvgIpc) is 3.46. The molecular formula is C31H35N3O5. The number of nitrogens with one attached hydrogen (secondary N) is 2. The van der Waals surface area contributed by atoms with Crippen LogP contribution >= 0.6 is 0 Å². The van der Waals surface area contributed by atoms with Gasteiger partial charge in [-0.15, -0.1) is 0 Å². The molecule has 0 aromatic heterocycles. The van der Waals surface area contributed by atoms with Gasteiger partial charge in [0.2, 0.25) is 5.91 Å². The predicted molar refractivity (Wildman–Crippen MR) is 149 cm³/mol. The number of carbonyl (C=O) groups excluding carboxylic acids is 3. The number of ether oxygens (including phenoxy) is 2. The van der Waals surface area contributed by atoms with Crippen LogP contribution in [0, 0.1) is 0 Å². The summed E-state index contributed by atoms with van der Waals surface area (Å²) in [5.74, 6) is 0.212. The number of benzene rings is 3. The summed E-state index contributed by atoms with van der Waals surface area (Å²) in [6.07, 6.45) is 0.604. The monoisotopic (exact) mass is 529 g/mol. The summed E-state index contributed by atoms with van der Waals surface area (Å²) >= 11 is 0. The number of anilines is 1. The molecule has 0 unspecified atom stereocenters. The number of rotatable bonds is 9. The lowest BCUT2D eigenvalue weighted by molar-refractivity contribution is -0.129. The summed E-state index contributed by atoms with van der Waals surface area (Å²) in [4.78, 5) is 41.2. The van der Waals surface area contributed by atoms with Crippen LogP contribution in [0.15, 0.2) is 78.9 Å². The van der Waals surface area contributed by atoms with E-state index in [1.54, 1.807) is 31.4 Å². The third-order valence-electron chi connectivity index (χ3n) is 6.84. The molecule has 4 rings (SSSR count). The minimum atomic E-state index is -0.976. The molecule has 1 saturated heterocycles. The van der Waals surface area contributed by atoms with Gasteiger partial charge in [0.25, 0.3) is 5.91 Å². The van der Waals surface area contributed by atoms with Crippen molar-refractivity contribution in [3.05, 3.63) is 95.6 Å². The predicted octanol–water partition coefficient (Wildman–Crippen LogP) is 5.42. The van der Waals surface area contributed by atoms with Gasteiger partial charge >= 0.3 is 6.09 Å². The van der Waals surface area contributed by atoms with Crippen molar-refractivity contribution in [1.29, 1.82) is 0 Å². The van der Waals surface area contributed by atoms with Gasteiger partial charge < -0.3 is 20.1 Å². The average molecular weight is 530 g/mol. The fourth-order valence-electron chi connectivity index (χ4n) is 4.56. The van der Waals surface area contributed by atoms with Gasteiger partial charge in [-0.05, 0) is 59.7 Å². The van der Waals surface area contributed by atoms with Crippen molar-refractivity contribution in [3.63, 3.8) is 0 Å². The van der Waals surface area contributed by atoms with E-state index in [0.717, 1.165) is 11.1 Å². The van der Waals surface area contributed by atoms with Gasteiger partial charge in [-0.3, -0.25) is 14.5 Å². The van der Waals surface area contributed by atoms with Crippen molar-refractivity contribution in [2.24, 2.45) is 0 Å². The Balaban J connectivity index is 1.48. The molecule has 39 heavy (non-hydrogen) atoms. The van der Waals surface area contributed by atoms with Crippen LogP contribution < -0.4 is 15.4 Å². The van der Waals surface area contributed by atoms with Crippen molar-refractivity contribution < 1.29 is 23.9 Å². The highest BCUT2D eigenvalue weighted by atomic mass is 16.6. The second kappa shape index (κ2) is 13.0. The van der Waals surface area contributed by atoms with E-state index < -0.39 is 24.1 Å². The van der Waals surface area contributed by atoms with E-state index in [2.05, 4.69) is 24.5 Å². The summed E-state index contributed by atoms with van der Waals surface area (Å²) in [7, 11) is 1.56. The van der Waals surface area contributed by atoms with Gasteiger partial charge in [0.15, 0.2) is 0 Å². The summed E-state index contributed by atoms with van der Waals surface area (Å²) in [6, 6.07) is 22.3. The zero-order valence-electron chi connectivity index (χ0n) is 22.6. The van der Waals surface area contributed by atoms with Crippen molar-refractivity contribution >= 4 is 23.6 Å². The lowest BCUT2D eigenvalue weighted by atomic mass is 10.0. The molecule has 0 spiro atoms. The summed E-state index contributed by atoms with van der Waals surface area (Å²) in [6.45, 7) is 4.74. The minimum absolute atomic E-state index is 0.122. The molecule has 0 radical (unpaired) electrons. The zero-order valence-corrected chi connectivity index (χ0v) is 22.6. The van der Waals surface area contributed by atoms with E-state index >= 15 is 0 Å². The molecule has 1 aliphatic rings. The first-order valence-electron chi connectivity index (χ1n) is 13.2. The number of amides is 3. The summed E-state index contributed by atoms with van der Waals surface area (Å²) in [5.41, 5.74) is 3.25. The molecule has 0 saturated carbocycles. The highest BCUT2D eigenvalue weighted by molar-refractivity contribution is 5.99. The Labute approximate surface area is 229 Å². The first-order valence-corrected chi connectivity index (χ1v) is 13.2. The van der Waals surface area contributed by atoms with E-state index in [1.165, 1.54) is 4.90 Å². The Bertz CT molecular complexity index is 1260. The molecule has 2 N–H and O–H groups in total. The lowest BCUT2D eigenvalue weighted by Crippen LogP contribution is -2.48.